The predicted octanol–water partition coefficient (Wildman–Crippen LogP) is 0.402. The molecule has 1 aliphatic carbocycles. The third kappa shape index (κ3) is 4.17. The van der Waals surface area contributed by atoms with Crippen LogP contribution in [0, 0.1) is 11.8 Å². The number of piperazine rings is 1. The minimum atomic E-state index is -0.841. The van der Waals surface area contributed by atoms with E-state index in [9.17, 15) is 19.8 Å². The molecule has 0 unspecified atom stereocenters. The van der Waals surface area contributed by atoms with Crippen molar-refractivity contribution in [1.29, 1.82) is 0 Å². The van der Waals surface area contributed by atoms with Gasteiger partial charge in [-0.2, -0.15) is 0 Å². The molecule has 6 nitrogen and oxygen atoms in total. The molecule has 2 rings (SSSR count). The van der Waals surface area contributed by atoms with Crippen molar-refractivity contribution in [2.75, 3.05) is 32.7 Å². The van der Waals surface area contributed by atoms with Crippen molar-refractivity contribution in [2.45, 2.75) is 38.7 Å². The van der Waals surface area contributed by atoms with Crippen LogP contribution in [0.15, 0.2) is 0 Å². The Balaban J connectivity index is 1.87. The fourth-order valence-corrected chi connectivity index (χ4v) is 3.46. The molecule has 2 aliphatic rings. The lowest BCUT2D eigenvalue weighted by Crippen LogP contribution is -2.53. The topological polar surface area (TPSA) is 81.1 Å². The van der Waals surface area contributed by atoms with E-state index in [4.69, 9.17) is 0 Å². The number of aliphatic hydroxyl groups is 1. The summed E-state index contributed by atoms with van der Waals surface area (Å²) in [7, 11) is 0. The summed E-state index contributed by atoms with van der Waals surface area (Å²) < 4.78 is 0. The van der Waals surface area contributed by atoms with Gasteiger partial charge in [0.05, 0.1) is 17.4 Å². The maximum absolute atomic E-state index is 12.5. The van der Waals surface area contributed by atoms with Gasteiger partial charge < -0.3 is 15.1 Å². The number of aliphatic carboxylic acids is 1. The molecule has 0 aromatic rings. The molecule has 1 aliphatic heterocycles. The molecule has 1 amide bonds. The highest BCUT2D eigenvalue weighted by Crippen LogP contribution is 2.33. The van der Waals surface area contributed by atoms with Gasteiger partial charge in [0.2, 0.25) is 5.91 Å². The van der Waals surface area contributed by atoms with Crippen LogP contribution in [0.3, 0.4) is 0 Å². The minimum absolute atomic E-state index is 0.00260. The number of amides is 1. The highest BCUT2D eigenvalue weighted by atomic mass is 16.4. The van der Waals surface area contributed by atoms with E-state index in [-0.39, 0.29) is 11.8 Å². The molecule has 0 aromatic heterocycles. The van der Waals surface area contributed by atoms with Gasteiger partial charge >= 0.3 is 5.97 Å². The van der Waals surface area contributed by atoms with Gasteiger partial charge in [-0.15, -0.1) is 0 Å². The van der Waals surface area contributed by atoms with Crippen LogP contribution in [-0.2, 0) is 9.59 Å². The molecular formula is C15H26N2O4. The zero-order valence-corrected chi connectivity index (χ0v) is 12.9. The Labute approximate surface area is 125 Å². The van der Waals surface area contributed by atoms with Crippen LogP contribution >= 0.6 is 0 Å². The number of carboxylic acids is 1. The van der Waals surface area contributed by atoms with Crippen LogP contribution in [0.1, 0.15) is 33.1 Å². The highest BCUT2D eigenvalue weighted by molar-refractivity contribution is 5.85. The molecule has 1 heterocycles. The van der Waals surface area contributed by atoms with Crippen LogP contribution in [0.2, 0.25) is 0 Å². The Kier molecular flexibility index (Phi) is 4.88. The monoisotopic (exact) mass is 298 g/mol. The largest absolute Gasteiger partial charge is 0.481 e. The summed E-state index contributed by atoms with van der Waals surface area (Å²) in [6.45, 7) is 6.87. The summed E-state index contributed by atoms with van der Waals surface area (Å²) in [4.78, 5) is 27.6. The van der Waals surface area contributed by atoms with E-state index in [1.165, 1.54) is 0 Å². The van der Waals surface area contributed by atoms with Gasteiger partial charge in [0.25, 0.3) is 0 Å². The second-order valence-electron chi connectivity index (χ2n) is 6.90. The standard InChI is InChI=1S/C15H26N2O4/c1-15(2,21)10-16-6-8-17(9-7-16)13(18)11-4-3-5-12(11)14(19)20/h11-12,21H,3-10H2,1-2H3,(H,19,20)/t11-,12+/m1/s1. The first-order valence-corrected chi connectivity index (χ1v) is 7.74. The Morgan fingerprint density at radius 3 is 2.19 bits per heavy atom. The number of carboxylic acid groups (broad SMARTS) is 1. The molecule has 2 atom stereocenters. The third-order valence-corrected chi connectivity index (χ3v) is 4.44. The molecule has 0 radical (unpaired) electrons. The number of β-amino-alcohol motifs (C(OH)–C–C–N with tert-alkyl or cyclic N) is 1. The SMILES string of the molecule is CC(C)(O)CN1CCN(C(=O)[C@@H]2CCC[C@@H]2C(=O)O)CC1. The van der Waals surface area contributed by atoms with E-state index >= 15 is 0 Å². The normalized spacial score (nSPS) is 27.9. The molecule has 0 aromatic carbocycles. The molecule has 1 saturated heterocycles. The van der Waals surface area contributed by atoms with Crippen LogP contribution in [-0.4, -0.2) is 70.2 Å². The van der Waals surface area contributed by atoms with Gasteiger partial charge in [0.15, 0.2) is 0 Å². The molecule has 1 saturated carbocycles. The molecule has 0 spiro atoms. The quantitative estimate of drug-likeness (QED) is 0.785. The Morgan fingerprint density at radius 2 is 1.67 bits per heavy atom. The van der Waals surface area contributed by atoms with E-state index in [0.717, 1.165) is 19.5 Å². The molecule has 0 bridgehead atoms. The van der Waals surface area contributed by atoms with E-state index in [0.29, 0.717) is 32.5 Å². The van der Waals surface area contributed by atoms with Crippen molar-refractivity contribution in [3.63, 3.8) is 0 Å². The Bertz CT molecular complexity index is 397. The Morgan fingerprint density at radius 1 is 1.10 bits per heavy atom. The maximum Gasteiger partial charge on any atom is 0.307 e. The first-order chi connectivity index (χ1) is 9.78. The smallest absolute Gasteiger partial charge is 0.307 e. The van der Waals surface area contributed by atoms with Crippen molar-refractivity contribution >= 4 is 11.9 Å². The second kappa shape index (κ2) is 6.32. The van der Waals surface area contributed by atoms with E-state index in [1.54, 1.807) is 18.7 Å². The first kappa shape index (κ1) is 16.2. The van der Waals surface area contributed by atoms with Crippen LogP contribution in [0.25, 0.3) is 0 Å². The maximum atomic E-state index is 12.5. The van der Waals surface area contributed by atoms with Gasteiger partial charge in [0, 0.05) is 32.7 Å². The van der Waals surface area contributed by atoms with E-state index in [1.807, 2.05) is 0 Å². The Hall–Kier alpha value is -1.14. The fraction of sp³-hybridized carbons (Fsp3) is 0.867. The molecule has 21 heavy (non-hydrogen) atoms. The van der Waals surface area contributed by atoms with Gasteiger partial charge in [-0.3, -0.25) is 14.5 Å². The predicted molar refractivity (Wildman–Crippen MR) is 77.8 cm³/mol. The lowest BCUT2D eigenvalue weighted by atomic mass is 9.94. The summed E-state index contributed by atoms with van der Waals surface area (Å²) in [5.74, 6) is -1.69. The summed E-state index contributed by atoms with van der Waals surface area (Å²) >= 11 is 0. The zero-order chi connectivity index (χ0) is 15.6. The van der Waals surface area contributed by atoms with Gasteiger partial charge in [-0.25, -0.2) is 0 Å². The average molecular weight is 298 g/mol. The highest BCUT2D eigenvalue weighted by Gasteiger charge is 2.40. The molecule has 2 N–H and O–H groups in total. The van der Waals surface area contributed by atoms with Crippen molar-refractivity contribution in [3.05, 3.63) is 0 Å². The summed E-state index contributed by atoms with van der Waals surface area (Å²) in [5.41, 5.74) is -0.730. The number of nitrogens with zero attached hydrogens (tertiary/aromatic N) is 2. The fourth-order valence-electron chi connectivity index (χ4n) is 3.46. The lowest BCUT2D eigenvalue weighted by molar-refractivity contribution is -0.150. The molecular weight excluding hydrogens is 272 g/mol. The van der Waals surface area contributed by atoms with Gasteiger partial charge in [0.1, 0.15) is 0 Å². The zero-order valence-electron chi connectivity index (χ0n) is 12.9. The third-order valence-electron chi connectivity index (χ3n) is 4.44. The minimum Gasteiger partial charge on any atom is -0.481 e. The summed E-state index contributed by atoms with van der Waals surface area (Å²) in [6, 6.07) is 0. The van der Waals surface area contributed by atoms with Crippen LogP contribution in [0.4, 0.5) is 0 Å². The van der Waals surface area contributed by atoms with Crippen LogP contribution in [0.5, 0.6) is 0 Å². The van der Waals surface area contributed by atoms with Gasteiger partial charge in [-0.1, -0.05) is 6.42 Å². The van der Waals surface area contributed by atoms with Crippen molar-refractivity contribution in [3.8, 4) is 0 Å². The number of rotatable bonds is 4. The average Bonchev–Trinajstić information content (AvgIpc) is 2.86. The van der Waals surface area contributed by atoms with Gasteiger partial charge in [-0.05, 0) is 26.7 Å². The van der Waals surface area contributed by atoms with Crippen molar-refractivity contribution in [1.82, 2.24) is 9.80 Å². The second-order valence-corrected chi connectivity index (χ2v) is 6.90. The molecule has 6 heteroatoms. The molecule has 2 fully saturated rings. The van der Waals surface area contributed by atoms with E-state index in [2.05, 4.69) is 4.90 Å². The van der Waals surface area contributed by atoms with Crippen molar-refractivity contribution in [2.24, 2.45) is 11.8 Å². The van der Waals surface area contributed by atoms with E-state index < -0.39 is 17.5 Å². The summed E-state index contributed by atoms with van der Waals surface area (Å²) in [5, 5.41) is 19.0. The number of hydrogen-bond acceptors (Lipinski definition) is 4. The lowest BCUT2D eigenvalue weighted by Gasteiger charge is -2.38. The number of carbonyl (C=O) groups is 2. The van der Waals surface area contributed by atoms with Crippen molar-refractivity contribution < 1.29 is 19.8 Å². The van der Waals surface area contributed by atoms with Crippen LogP contribution < -0.4 is 0 Å². The number of carbonyl (C=O) groups excluding carboxylic acids is 1. The first-order valence-electron chi connectivity index (χ1n) is 7.74. The molecule has 120 valence electrons. The number of hydrogen-bond donors (Lipinski definition) is 2. The summed E-state index contributed by atoms with van der Waals surface area (Å²) in [6.07, 6.45) is 2.14.